The summed E-state index contributed by atoms with van der Waals surface area (Å²) >= 11 is 1.76. The van der Waals surface area contributed by atoms with E-state index in [1.807, 2.05) is 6.92 Å². The van der Waals surface area contributed by atoms with Crippen LogP contribution in [0.4, 0.5) is 0 Å². The Morgan fingerprint density at radius 3 is 2.72 bits per heavy atom. The first-order valence-electron chi connectivity index (χ1n) is 6.10. The fraction of sp³-hybridized carbons (Fsp3) is 0.667. The van der Waals surface area contributed by atoms with Crippen LogP contribution in [0.15, 0.2) is 4.99 Å². The lowest BCUT2D eigenvalue weighted by atomic mass is 10.3. The van der Waals surface area contributed by atoms with Gasteiger partial charge in [-0.25, -0.2) is 4.98 Å². The zero-order valence-electron chi connectivity index (χ0n) is 11.3. The lowest BCUT2D eigenvalue weighted by molar-refractivity contribution is 0.789. The first-order valence-corrected chi connectivity index (χ1v) is 6.91. The van der Waals surface area contributed by atoms with Crippen LogP contribution < -0.4 is 11.1 Å². The molecule has 0 aliphatic carbocycles. The highest BCUT2D eigenvalue weighted by molar-refractivity contribution is 14.0. The molecule has 0 bridgehead atoms. The third-order valence-corrected chi connectivity index (χ3v) is 3.64. The van der Waals surface area contributed by atoms with E-state index in [2.05, 4.69) is 29.1 Å². The van der Waals surface area contributed by atoms with Gasteiger partial charge in [0.05, 0.1) is 10.7 Å². The highest BCUT2D eigenvalue weighted by Gasteiger charge is 2.02. The third kappa shape index (κ3) is 6.53. The molecule has 1 aromatic rings. The van der Waals surface area contributed by atoms with Gasteiger partial charge in [0.1, 0.15) is 0 Å². The van der Waals surface area contributed by atoms with E-state index in [0.29, 0.717) is 5.96 Å². The molecular weight excluding hydrogens is 359 g/mol. The predicted molar refractivity (Wildman–Crippen MR) is 90.1 cm³/mol. The number of nitrogens with zero attached hydrogens (tertiary/aromatic N) is 2. The Hall–Kier alpha value is -0.370. The Balaban J connectivity index is 0.00000289. The van der Waals surface area contributed by atoms with Gasteiger partial charge in [-0.3, -0.25) is 4.99 Å². The van der Waals surface area contributed by atoms with Crippen molar-refractivity contribution in [2.75, 3.05) is 13.1 Å². The summed E-state index contributed by atoms with van der Waals surface area (Å²) in [6.45, 7) is 7.90. The van der Waals surface area contributed by atoms with E-state index >= 15 is 0 Å². The van der Waals surface area contributed by atoms with Gasteiger partial charge < -0.3 is 11.1 Å². The van der Waals surface area contributed by atoms with E-state index in [1.54, 1.807) is 11.3 Å². The van der Waals surface area contributed by atoms with Crippen LogP contribution in [0.2, 0.25) is 0 Å². The van der Waals surface area contributed by atoms with Gasteiger partial charge in [0.15, 0.2) is 5.96 Å². The van der Waals surface area contributed by atoms with Crippen molar-refractivity contribution < 1.29 is 0 Å². The molecule has 0 aliphatic rings. The molecule has 18 heavy (non-hydrogen) atoms. The lowest BCUT2D eigenvalue weighted by Gasteiger charge is -2.03. The molecule has 0 aromatic carbocycles. The van der Waals surface area contributed by atoms with Crippen LogP contribution in [0.1, 0.15) is 35.3 Å². The molecule has 0 fully saturated rings. The average molecular weight is 382 g/mol. The van der Waals surface area contributed by atoms with Crippen molar-refractivity contribution in [2.45, 2.75) is 40.0 Å². The quantitative estimate of drug-likeness (QED) is 0.344. The number of aryl methyl sites for hydroxylation is 2. The minimum absolute atomic E-state index is 0. The molecule has 0 saturated carbocycles. The third-order valence-electron chi connectivity index (χ3n) is 2.51. The number of rotatable bonds is 6. The smallest absolute Gasteiger partial charge is 0.188 e. The van der Waals surface area contributed by atoms with Gasteiger partial charge in [0.2, 0.25) is 0 Å². The van der Waals surface area contributed by atoms with Gasteiger partial charge in [-0.05, 0) is 20.3 Å². The summed E-state index contributed by atoms with van der Waals surface area (Å²) in [4.78, 5) is 10.0. The molecular formula is C12H23IN4S. The number of nitrogens with two attached hydrogens (primary N) is 1. The molecule has 0 spiro atoms. The maximum Gasteiger partial charge on any atom is 0.188 e. The number of halogens is 1. The van der Waals surface area contributed by atoms with E-state index in [-0.39, 0.29) is 24.0 Å². The summed E-state index contributed by atoms with van der Waals surface area (Å²) in [5, 5.41) is 4.27. The molecule has 0 atom stereocenters. The Kier molecular flexibility index (Phi) is 9.35. The topological polar surface area (TPSA) is 63.3 Å². The summed E-state index contributed by atoms with van der Waals surface area (Å²) in [6.07, 6.45) is 3.14. The predicted octanol–water partition coefficient (Wildman–Crippen LogP) is 2.62. The van der Waals surface area contributed by atoms with E-state index in [9.17, 15) is 0 Å². The van der Waals surface area contributed by atoms with Crippen molar-refractivity contribution in [3.8, 4) is 0 Å². The minimum Gasteiger partial charge on any atom is -0.370 e. The van der Waals surface area contributed by atoms with E-state index in [4.69, 9.17) is 5.73 Å². The number of thiazole rings is 1. The van der Waals surface area contributed by atoms with Crippen molar-refractivity contribution in [3.05, 3.63) is 15.6 Å². The number of guanidine groups is 1. The fourth-order valence-corrected chi connectivity index (χ4v) is 2.29. The van der Waals surface area contributed by atoms with E-state index in [0.717, 1.165) is 43.1 Å². The molecule has 6 heteroatoms. The monoisotopic (exact) mass is 382 g/mol. The van der Waals surface area contributed by atoms with Crippen LogP contribution in [0.3, 0.4) is 0 Å². The fourth-order valence-electron chi connectivity index (χ4n) is 1.36. The normalized spacial score (nSPS) is 11.2. The molecule has 1 aromatic heterocycles. The zero-order chi connectivity index (χ0) is 12.7. The Morgan fingerprint density at radius 2 is 2.17 bits per heavy atom. The zero-order valence-corrected chi connectivity index (χ0v) is 14.5. The molecule has 3 N–H and O–H groups in total. The molecule has 1 heterocycles. The number of nitrogens with one attached hydrogen (secondary N) is 1. The first-order chi connectivity index (χ1) is 8.13. The van der Waals surface area contributed by atoms with Crippen molar-refractivity contribution in [3.63, 3.8) is 0 Å². The molecule has 104 valence electrons. The van der Waals surface area contributed by atoms with Gasteiger partial charge in [0.25, 0.3) is 0 Å². The second-order valence-corrected chi connectivity index (χ2v) is 5.33. The molecule has 0 saturated heterocycles. The van der Waals surface area contributed by atoms with Gasteiger partial charge in [0, 0.05) is 24.4 Å². The summed E-state index contributed by atoms with van der Waals surface area (Å²) in [6, 6.07) is 0. The first kappa shape index (κ1) is 17.6. The number of hydrogen-bond donors (Lipinski definition) is 2. The number of aromatic nitrogens is 1. The number of hydrogen-bond acceptors (Lipinski definition) is 3. The molecule has 0 amide bonds. The van der Waals surface area contributed by atoms with Crippen LogP contribution >= 0.6 is 35.3 Å². The second kappa shape index (κ2) is 9.55. The van der Waals surface area contributed by atoms with Crippen molar-refractivity contribution in [1.29, 1.82) is 0 Å². The van der Waals surface area contributed by atoms with Crippen LogP contribution in [0.25, 0.3) is 0 Å². The average Bonchev–Trinajstić information content (AvgIpc) is 2.59. The molecule has 1 rings (SSSR count). The molecule has 4 nitrogen and oxygen atoms in total. The molecule has 0 radical (unpaired) electrons. The standard InChI is InChI=1S/C12H22N4S.HI/c1-4-5-7-14-12(13)15-8-6-11-16-9(2)10(3)17-11;/h4-8H2,1-3H3,(H3,13,14,15);1H. The van der Waals surface area contributed by atoms with Crippen molar-refractivity contribution in [2.24, 2.45) is 10.7 Å². The van der Waals surface area contributed by atoms with Gasteiger partial charge in [-0.2, -0.15) is 0 Å². The van der Waals surface area contributed by atoms with Gasteiger partial charge in [-0.15, -0.1) is 35.3 Å². The maximum absolute atomic E-state index is 5.74. The largest absolute Gasteiger partial charge is 0.370 e. The molecule has 0 aliphatic heterocycles. The van der Waals surface area contributed by atoms with Gasteiger partial charge in [-0.1, -0.05) is 13.3 Å². The highest BCUT2D eigenvalue weighted by Crippen LogP contribution is 2.16. The summed E-state index contributed by atoms with van der Waals surface area (Å²) in [5.74, 6) is 0.545. The van der Waals surface area contributed by atoms with Crippen molar-refractivity contribution in [1.82, 2.24) is 10.3 Å². The summed E-state index contributed by atoms with van der Waals surface area (Å²) < 4.78 is 0. The van der Waals surface area contributed by atoms with E-state index < -0.39 is 0 Å². The van der Waals surface area contributed by atoms with Crippen molar-refractivity contribution >= 4 is 41.3 Å². The second-order valence-electron chi connectivity index (χ2n) is 4.05. The number of aliphatic imine (C=N–C) groups is 1. The minimum atomic E-state index is 0. The Bertz CT molecular complexity index is 357. The number of unbranched alkanes of at least 4 members (excludes halogenated alkanes) is 1. The maximum atomic E-state index is 5.74. The van der Waals surface area contributed by atoms with E-state index in [1.165, 1.54) is 4.88 Å². The summed E-state index contributed by atoms with van der Waals surface area (Å²) in [5.41, 5.74) is 6.87. The Labute approximate surface area is 131 Å². The van der Waals surface area contributed by atoms with Crippen LogP contribution in [0.5, 0.6) is 0 Å². The van der Waals surface area contributed by atoms with Crippen LogP contribution in [-0.2, 0) is 6.42 Å². The Morgan fingerprint density at radius 1 is 1.44 bits per heavy atom. The summed E-state index contributed by atoms with van der Waals surface area (Å²) in [7, 11) is 0. The van der Waals surface area contributed by atoms with Gasteiger partial charge >= 0.3 is 0 Å². The lowest BCUT2D eigenvalue weighted by Crippen LogP contribution is -2.33. The van der Waals surface area contributed by atoms with Crippen LogP contribution in [-0.4, -0.2) is 24.0 Å². The SMILES string of the molecule is CCCCN=C(N)NCCc1nc(C)c(C)s1.I. The molecule has 0 unspecified atom stereocenters. The highest BCUT2D eigenvalue weighted by atomic mass is 127. The van der Waals surface area contributed by atoms with Crippen LogP contribution in [0, 0.1) is 13.8 Å².